The number of carbonyl (C=O) groups excluding carboxylic acids is 2. The Morgan fingerprint density at radius 3 is 2.39 bits per heavy atom. The minimum absolute atomic E-state index is 0.232. The molecule has 8 nitrogen and oxygen atoms in total. The standard InChI is InChI=1S/C15H13N5O3/c16-15(22)18-10-5-3-9(4-6-10)17-14(21)12-8-11(19-20-12)13-2-1-7-23-13/h1-8H,(H,17,21)(H,19,20)(H3,16,18,22). The van der Waals surface area contributed by atoms with Crippen LogP contribution in [-0.2, 0) is 0 Å². The average Bonchev–Trinajstić information content (AvgIpc) is 3.19. The van der Waals surface area contributed by atoms with Gasteiger partial charge in [0, 0.05) is 17.4 Å². The van der Waals surface area contributed by atoms with Crippen molar-refractivity contribution in [3.63, 3.8) is 0 Å². The normalized spacial score (nSPS) is 10.3. The lowest BCUT2D eigenvalue weighted by Gasteiger charge is -2.05. The number of nitrogens with one attached hydrogen (secondary N) is 3. The largest absolute Gasteiger partial charge is 0.463 e. The monoisotopic (exact) mass is 311 g/mol. The van der Waals surface area contributed by atoms with Crippen molar-refractivity contribution in [1.82, 2.24) is 10.2 Å². The molecule has 0 saturated heterocycles. The van der Waals surface area contributed by atoms with Gasteiger partial charge in [0.25, 0.3) is 5.91 Å². The second-order valence-corrected chi connectivity index (χ2v) is 4.66. The second-order valence-electron chi connectivity index (χ2n) is 4.66. The summed E-state index contributed by atoms with van der Waals surface area (Å²) >= 11 is 0. The summed E-state index contributed by atoms with van der Waals surface area (Å²) in [6.45, 7) is 0. The Kier molecular flexibility index (Phi) is 3.79. The highest BCUT2D eigenvalue weighted by Crippen LogP contribution is 2.19. The zero-order valence-electron chi connectivity index (χ0n) is 11.9. The first-order valence-electron chi connectivity index (χ1n) is 6.69. The molecule has 3 amide bonds. The molecular weight excluding hydrogens is 298 g/mol. The fourth-order valence-electron chi connectivity index (χ4n) is 1.97. The van der Waals surface area contributed by atoms with E-state index in [1.54, 1.807) is 42.5 Å². The van der Waals surface area contributed by atoms with E-state index in [2.05, 4.69) is 20.8 Å². The number of nitrogens with zero attached hydrogens (tertiary/aromatic N) is 1. The van der Waals surface area contributed by atoms with Gasteiger partial charge < -0.3 is 20.8 Å². The molecule has 0 radical (unpaired) electrons. The number of primary amides is 1. The third-order valence-electron chi connectivity index (χ3n) is 3.01. The van der Waals surface area contributed by atoms with Gasteiger partial charge in [-0.25, -0.2) is 4.79 Å². The summed E-state index contributed by atoms with van der Waals surface area (Å²) < 4.78 is 5.23. The van der Waals surface area contributed by atoms with Crippen molar-refractivity contribution >= 4 is 23.3 Å². The molecular formula is C15H13N5O3. The van der Waals surface area contributed by atoms with Crippen LogP contribution in [0.5, 0.6) is 0 Å². The zero-order chi connectivity index (χ0) is 16.2. The summed E-state index contributed by atoms with van der Waals surface area (Å²) in [5.74, 6) is 0.230. The van der Waals surface area contributed by atoms with Crippen molar-refractivity contribution in [1.29, 1.82) is 0 Å². The Labute approximate surface area is 130 Å². The van der Waals surface area contributed by atoms with Crippen LogP contribution in [0.15, 0.2) is 53.1 Å². The molecule has 2 heterocycles. The fourth-order valence-corrected chi connectivity index (χ4v) is 1.97. The first-order chi connectivity index (χ1) is 11.1. The smallest absolute Gasteiger partial charge is 0.316 e. The molecule has 0 atom stereocenters. The van der Waals surface area contributed by atoms with Crippen LogP contribution < -0.4 is 16.4 Å². The highest BCUT2D eigenvalue weighted by atomic mass is 16.3. The quantitative estimate of drug-likeness (QED) is 0.590. The lowest BCUT2D eigenvalue weighted by atomic mass is 10.2. The van der Waals surface area contributed by atoms with E-state index in [1.807, 2.05) is 0 Å². The highest BCUT2D eigenvalue weighted by Gasteiger charge is 2.13. The number of hydrogen-bond donors (Lipinski definition) is 4. The number of amides is 3. The molecule has 0 spiro atoms. The number of anilines is 2. The number of furan rings is 1. The van der Waals surface area contributed by atoms with Crippen LogP contribution >= 0.6 is 0 Å². The van der Waals surface area contributed by atoms with Gasteiger partial charge in [-0.15, -0.1) is 0 Å². The summed E-state index contributed by atoms with van der Waals surface area (Å²) in [5, 5.41) is 11.8. The first-order valence-corrected chi connectivity index (χ1v) is 6.69. The number of aromatic amines is 1. The number of benzene rings is 1. The molecule has 3 rings (SSSR count). The number of nitrogens with two attached hydrogens (primary N) is 1. The molecule has 0 aliphatic rings. The summed E-state index contributed by atoms with van der Waals surface area (Å²) in [6, 6.07) is 11.0. The topological polar surface area (TPSA) is 126 Å². The van der Waals surface area contributed by atoms with Crippen LogP contribution in [-0.4, -0.2) is 22.1 Å². The zero-order valence-corrected chi connectivity index (χ0v) is 11.9. The number of carbonyl (C=O) groups is 2. The molecule has 2 aromatic heterocycles. The second kappa shape index (κ2) is 6.06. The predicted octanol–water partition coefficient (Wildman–Crippen LogP) is 2.41. The molecule has 5 N–H and O–H groups in total. The number of aromatic nitrogens is 2. The predicted molar refractivity (Wildman–Crippen MR) is 83.9 cm³/mol. The van der Waals surface area contributed by atoms with Gasteiger partial charge in [0.15, 0.2) is 11.5 Å². The van der Waals surface area contributed by atoms with Gasteiger partial charge >= 0.3 is 6.03 Å². The van der Waals surface area contributed by atoms with Crippen LogP contribution in [0.3, 0.4) is 0 Å². The number of rotatable bonds is 4. The molecule has 0 aliphatic heterocycles. The van der Waals surface area contributed by atoms with Crippen LogP contribution in [0.2, 0.25) is 0 Å². The maximum absolute atomic E-state index is 12.1. The average molecular weight is 311 g/mol. The van der Waals surface area contributed by atoms with E-state index in [-0.39, 0.29) is 11.6 Å². The van der Waals surface area contributed by atoms with Crippen LogP contribution in [0.25, 0.3) is 11.5 Å². The maximum Gasteiger partial charge on any atom is 0.316 e. The third-order valence-corrected chi connectivity index (χ3v) is 3.01. The van der Waals surface area contributed by atoms with Gasteiger partial charge in [-0.05, 0) is 36.4 Å². The Morgan fingerprint density at radius 2 is 1.78 bits per heavy atom. The molecule has 0 saturated carbocycles. The van der Waals surface area contributed by atoms with Gasteiger partial charge in [-0.3, -0.25) is 9.89 Å². The Bertz CT molecular complexity index is 821. The van der Waals surface area contributed by atoms with Crippen molar-refractivity contribution in [2.75, 3.05) is 10.6 Å². The highest BCUT2D eigenvalue weighted by molar-refractivity contribution is 6.03. The molecule has 0 unspecified atom stereocenters. The van der Waals surface area contributed by atoms with E-state index >= 15 is 0 Å². The van der Waals surface area contributed by atoms with Crippen molar-refractivity contribution in [3.05, 3.63) is 54.4 Å². The lowest BCUT2D eigenvalue weighted by molar-refractivity contribution is 0.102. The number of H-pyrrole nitrogens is 1. The summed E-state index contributed by atoms with van der Waals surface area (Å²) in [6.07, 6.45) is 1.54. The molecule has 3 aromatic rings. The van der Waals surface area contributed by atoms with E-state index in [4.69, 9.17) is 10.2 Å². The molecule has 23 heavy (non-hydrogen) atoms. The molecule has 1 aromatic carbocycles. The van der Waals surface area contributed by atoms with Crippen LogP contribution in [0.4, 0.5) is 16.2 Å². The van der Waals surface area contributed by atoms with Crippen molar-refractivity contribution < 1.29 is 14.0 Å². The molecule has 0 aliphatic carbocycles. The summed E-state index contributed by atoms with van der Waals surface area (Å²) in [5.41, 5.74) is 6.97. The summed E-state index contributed by atoms with van der Waals surface area (Å²) in [7, 11) is 0. The molecule has 0 bridgehead atoms. The van der Waals surface area contributed by atoms with Gasteiger partial charge in [0.1, 0.15) is 5.69 Å². The van der Waals surface area contributed by atoms with Gasteiger partial charge in [0.2, 0.25) is 0 Å². The van der Waals surface area contributed by atoms with Gasteiger partial charge in [-0.1, -0.05) is 0 Å². The Hall–Kier alpha value is -3.55. The molecule has 8 heteroatoms. The van der Waals surface area contributed by atoms with E-state index in [0.29, 0.717) is 22.8 Å². The van der Waals surface area contributed by atoms with E-state index in [1.165, 1.54) is 6.26 Å². The van der Waals surface area contributed by atoms with Crippen molar-refractivity contribution in [3.8, 4) is 11.5 Å². The van der Waals surface area contributed by atoms with Crippen molar-refractivity contribution in [2.45, 2.75) is 0 Å². The van der Waals surface area contributed by atoms with Crippen molar-refractivity contribution in [2.24, 2.45) is 5.73 Å². The molecule has 116 valence electrons. The van der Waals surface area contributed by atoms with Gasteiger partial charge in [0.05, 0.1) is 6.26 Å². The Morgan fingerprint density at radius 1 is 1.09 bits per heavy atom. The van der Waals surface area contributed by atoms with Crippen LogP contribution in [0.1, 0.15) is 10.5 Å². The first kappa shape index (κ1) is 14.4. The maximum atomic E-state index is 12.1. The molecule has 0 fully saturated rings. The lowest BCUT2D eigenvalue weighted by Crippen LogP contribution is -2.19. The van der Waals surface area contributed by atoms with E-state index in [9.17, 15) is 9.59 Å². The van der Waals surface area contributed by atoms with E-state index < -0.39 is 6.03 Å². The SMILES string of the molecule is NC(=O)Nc1ccc(NC(=O)c2cc(-c3ccco3)[nH]n2)cc1. The van der Waals surface area contributed by atoms with Gasteiger partial charge in [-0.2, -0.15) is 5.10 Å². The number of urea groups is 1. The summed E-state index contributed by atoms with van der Waals surface area (Å²) in [4.78, 5) is 22.9. The number of hydrogen-bond acceptors (Lipinski definition) is 4. The minimum atomic E-state index is -0.649. The van der Waals surface area contributed by atoms with Crippen LogP contribution in [0, 0.1) is 0 Å². The Balaban J connectivity index is 1.68. The van der Waals surface area contributed by atoms with E-state index in [0.717, 1.165) is 0 Å². The minimum Gasteiger partial charge on any atom is -0.463 e. The fraction of sp³-hybridized carbons (Fsp3) is 0. The third kappa shape index (κ3) is 3.38.